The van der Waals surface area contributed by atoms with E-state index in [0.29, 0.717) is 19.1 Å². The molecular weight excluding hydrogens is 405 g/mol. The molecule has 1 aliphatic rings. The van der Waals surface area contributed by atoms with Crippen molar-refractivity contribution in [3.05, 3.63) is 70.7 Å². The summed E-state index contributed by atoms with van der Waals surface area (Å²) in [6, 6.07) is 17.3. The molecule has 0 bridgehead atoms. The fraction of sp³-hybridized carbons (Fsp3) is 0.350. The molecule has 2 aromatic carbocycles. The molecule has 4 nitrogen and oxygen atoms in total. The highest BCUT2D eigenvalue weighted by atomic mass is 35.5. The van der Waals surface area contributed by atoms with Gasteiger partial charge >= 0.3 is 0 Å². The molecule has 0 aliphatic carbocycles. The number of carbonyl (C=O) groups excluding carboxylic acids is 1. The first-order valence-electron chi connectivity index (χ1n) is 8.65. The minimum absolute atomic E-state index is 0. The van der Waals surface area contributed by atoms with E-state index in [4.69, 9.17) is 17.3 Å². The van der Waals surface area contributed by atoms with E-state index in [1.165, 1.54) is 5.56 Å². The van der Waals surface area contributed by atoms with Crippen LogP contribution in [-0.2, 0) is 4.79 Å². The third-order valence-electron chi connectivity index (χ3n) is 4.95. The van der Waals surface area contributed by atoms with Crippen LogP contribution in [0.2, 0.25) is 5.02 Å². The van der Waals surface area contributed by atoms with E-state index in [2.05, 4.69) is 24.0 Å². The summed E-state index contributed by atoms with van der Waals surface area (Å²) in [5, 5.41) is 0.751. The van der Waals surface area contributed by atoms with Gasteiger partial charge in [-0.1, -0.05) is 54.1 Å². The van der Waals surface area contributed by atoms with Crippen molar-refractivity contribution >= 4 is 42.3 Å². The number of benzene rings is 2. The highest BCUT2D eigenvalue weighted by Gasteiger charge is 2.28. The molecule has 1 amide bonds. The van der Waals surface area contributed by atoms with E-state index < -0.39 is 6.04 Å². The van der Waals surface area contributed by atoms with E-state index in [1.54, 1.807) is 0 Å². The number of rotatable bonds is 4. The molecule has 2 N–H and O–H groups in total. The van der Waals surface area contributed by atoms with E-state index in [-0.39, 0.29) is 30.7 Å². The second-order valence-electron chi connectivity index (χ2n) is 6.48. The SMILES string of the molecule is CC(c1ccc(Cl)cc1)N1CCN(C(=O)C(N)c2ccccc2)CC1.Cl.Cl. The van der Waals surface area contributed by atoms with Crippen LogP contribution in [0.25, 0.3) is 0 Å². The van der Waals surface area contributed by atoms with Crippen LogP contribution >= 0.6 is 36.4 Å². The summed E-state index contributed by atoms with van der Waals surface area (Å²) in [6.45, 7) is 5.29. The van der Waals surface area contributed by atoms with Crippen molar-refractivity contribution in [3.8, 4) is 0 Å². The summed E-state index contributed by atoms with van der Waals surface area (Å²) in [5.74, 6) is 0.00463. The summed E-state index contributed by atoms with van der Waals surface area (Å²) in [5.41, 5.74) is 8.26. The maximum Gasteiger partial charge on any atom is 0.244 e. The van der Waals surface area contributed by atoms with Crippen molar-refractivity contribution in [1.29, 1.82) is 0 Å². The minimum atomic E-state index is -0.582. The lowest BCUT2D eigenvalue weighted by atomic mass is 10.0. The first-order valence-corrected chi connectivity index (χ1v) is 9.03. The zero-order valence-corrected chi connectivity index (χ0v) is 17.6. The van der Waals surface area contributed by atoms with Gasteiger partial charge in [-0.25, -0.2) is 0 Å². The molecule has 1 aliphatic heterocycles. The van der Waals surface area contributed by atoms with Crippen molar-refractivity contribution in [2.75, 3.05) is 26.2 Å². The third kappa shape index (κ3) is 5.84. The molecule has 2 aromatic rings. The molecule has 2 unspecified atom stereocenters. The number of nitrogens with zero attached hydrogens (tertiary/aromatic N) is 2. The Morgan fingerprint density at radius 3 is 2.04 bits per heavy atom. The number of carbonyl (C=O) groups is 1. The summed E-state index contributed by atoms with van der Waals surface area (Å²) in [6.07, 6.45) is 0. The van der Waals surface area contributed by atoms with Crippen LogP contribution in [0.15, 0.2) is 54.6 Å². The van der Waals surface area contributed by atoms with Gasteiger partial charge in [-0.05, 0) is 30.2 Å². The summed E-state index contributed by atoms with van der Waals surface area (Å²) >= 11 is 5.97. The van der Waals surface area contributed by atoms with E-state index in [0.717, 1.165) is 23.7 Å². The van der Waals surface area contributed by atoms with Gasteiger partial charge in [-0.2, -0.15) is 0 Å². The van der Waals surface area contributed by atoms with E-state index in [9.17, 15) is 4.79 Å². The van der Waals surface area contributed by atoms with Crippen molar-refractivity contribution in [3.63, 3.8) is 0 Å². The topological polar surface area (TPSA) is 49.6 Å². The van der Waals surface area contributed by atoms with Gasteiger partial charge in [0.05, 0.1) is 0 Å². The standard InChI is InChI=1S/C20H24ClN3O.2ClH/c1-15(16-7-9-18(21)10-8-16)23-11-13-24(14-12-23)20(25)19(22)17-5-3-2-4-6-17;;/h2-10,15,19H,11-14,22H2,1H3;2*1H. The first-order chi connectivity index (χ1) is 12.1. The van der Waals surface area contributed by atoms with Crippen LogP contribution in [0.3, 0.4) is 0 Å². The fourth-order valence-corrected chi connectivity index (χ4v) is 3.41. The van der Waals surface area contributed by atoms with Crippen molar-refractivity contribution in [2.45, 2.75) is 19.0 Å². The molecule has 1 fully saturated rings. The van der Waals surface area contributed by atoms with Gasteiger partial charge in [-0.15, -0.1) is 24.8 Å². The summed E-state index contributed by atoms with van der Waals surface area (Å²) in [7, 11) is 0. The smallest absolute Gasteiger partial charge is 0.244 e. The lowest BCUT2D eigenvalue weighted by molar-refractivity contribution is -0.134. The van der Waals surface area contributed by atoms with Crippen molar-refractivity contribution in [2.24, 2.45) is 5.73 Å². The van der Waals surface area contributed by atoms with Crippen LogP contribution in [0.5, 0.6) is 0 Å². The highest BCUT2D eigenvalue weighted by Crippen LogP contribution is 2.24. The highest BCUT2D eigenvalue weighted by molar-refractivity contribution is 6.30. The van der Waals surface area contributed by atoms with Crippen LogP contribution < -0.4 is 5.73 Å². The Morgan fingerprint density at radius 1 is 0.926 bits per heavy atom. The molecule has 1 heterocycles. The number of hydrogen-bond acceptors (Lipinski definition) is 3. The minimum Gasteiger partial charge on any atom is -0.338 e. The van der Waals surface area contributed by atoms with Crippen LogP contribution in [0.4, 0.5) is 0 Å². The number of amides is 1. The lowest BCUT2D eigenvalue weighted by Crippen LogP contribution is -2.51. The average Bonchev–Trinajstić information content (AvgIpc) is 2.67. The van der Waals surface area contributed by atoms with Gasteiger partial charge in [0.2, 0.25) is 5.91 Å². The van der Waals surface area contributed by atoms with E-state index in [1.807, 2.05) is 47.4 Å². The molecule has 27 heavy (non-hydrogen) atoms. The van der Waals surface area contributed by atoms with Gasteiger partial charge in [0.1, 0.15) is 6.04 Å². The molecule has 148 valence electrons. The average molecular weight is 431 g/mol. The largest absolute Gasteiger partial charge is 0.338 e. The Balaban J connectivity index is 0.00000182. The molecule has 0 radical (unpaired) electrons. The predicted molar refractivity (Wildman–Crippen MR) is 116 cm³/mol. The molecule has 0 aromatic heterocycles. The van der Waals surface area contributed by atoms with Crippen LogP contribution in [-0.4, -0.2) is 41.9 Å². The van der Waals surface area contributed by atoms with Crippen LogP contribution in [0.1, 0.15) is 30.1 Å². The molecule has 3 rings (SSSR count). The molecule has 2 atom stereocenters. The molecule has 0 spiro atoms. The second-order valence-corrected chi connectivity index (χ2v) is 6.91. The predicted octanol–water partition coefficient (Wildman–Crippen LogP) is 4.09. The lowest BCUT2D eigenvalue weighted by Gasteiger charge is -2.39. The van der Waals surface area contributed by atoms with Crippen molar-refractivity contribution < 1.29 is 4.79 Å². The quantitative estimate of drug-likeness (QED) is 0.795. The van der Waals surface area contributed by atoms with Gasteiger partial charge in [0.25, 0.3) is 0 Å². The fourth-order valence-electron chi connectivity index (χ4n) is 3.28. The first kappa shape index (κ1) is 23.7. The normalized spacial score (nSPS) is 16.6. The van der Waals surface area contributed by atoms with Crippen molar-refractivity contribution in [1.82, 2.24) is 9.80 Å². The molecule has 7 heteroatoms. The van der Waals surface area contributed by atoms with Gasteiger partial charge in [0.15, 0.2) is 0 Å². The monoisotopic (exact) mass is 429 g/mol. The Hall–Kier alpha value is -1.30. The third-order valence-corrected chi connectivity index (χ3v) is 5.20. The Labute approximate surface area is 178 Å². The number of piperazine rings is 1. The molecule has 1 saturated heterocycles. The number of halogens is 3. The molecule has 0 saturated carbocycles. The second kappa shape index (κ2) is 10.9. The van der Waals surface area contributed by atoms with Crippen LogP contribution in [0, 0.1) is 0 Å². The Kier molecular flexibility index (Phi) is 9.57. The molecular formula is C20H26Cl3N3O. The number of hydrogen-bond donors (Lipinski definition) is 1. The van der Waals surface area contributed by atoms with Gasteiger partial charge < -0.3 is 10.6 Å². The summed E-state index contributed by atoms with van der Waals surface area (Å²) < 4.78 is 0. The zero-order chi connectivity index (χ0) is 17.8. The maximum absolute atomic E-state index is 12.7. The van der Waals surface area contributed by atoms with Gasteiger partial charge in [-0.3, -0.25) is 9.69 Å². The van der Waals surface area contributed by atoms with Gasteiger partial charge in [0, 0.05) is 37.2 Å². The van der Waals surface area contributed by atoms with E-state index >= 15 is 0 Å². The Bertz CT molecular complexity index is 704. The summed E-state index contributed by atoms with van der Waals surface area (Å²) in [4.78, 5) is 16.9. The maximum atomic E-state index is 12.7. The Morgan fingerprint density at radius 2 is 1.48 bits per heavy atom. The number of nitrogens with two attached hydrogens (primary N) is 1. The zero-order valence-electron chi connectivity index (χ0n) is 15.3.